The van der Waals surface area contributed by atoms with Crippen LogP contribution in [0.2, 0.25) is 0 Å². The summed E-state index contributed by atoms with van der Waals surface area (Å²) in [6.45, 7) is 4.33. The van der Waals surface area contributed by atoms with E-state index in [0.717, 1.165) is 19.3 Å². The molecule has 12 heteroatoms. The fourth-order valence-corrected chi connectivity index (χ4v) is 4.94. The van der Waals surface area contributed by atoms with E-state index in [9.17, 15) is 39.0 Å². The van der Waals surface area contributed by atoms with Crippen LogP contribution in [0.25, 0.3) is 0 Å². The minimum Gasteiger partial charge on any atom is -0.480 e. The second kappa shape index (κ2) is 27.2. The van der Waals surface area contributed by atoms with Crippen molar-refractivity contribution in [1.29, 1.82) is 0 Å². The van der Waals surface area contributed by atoms with Gasteiger partial charge in [-0.2, -0.15) is 0 Å². The van der Waals surface area contributed by atoms with Crippen LogP contribution in [0.5, 0.6) is 0 Å². The Bertz CT molecular complexity index is 883. The molecular formula is C33H60N4O8. The Morgan fingerprint density at radius 1 is 0.556 bits per heavy atom. The maximum Gasteiger partial charge on any atom is 0.326 e. The van der Waals surface area contributed by atoms with Crippen LogP contribution < -0.4 is 21.7 Å². The Morgan fingerprint density at radius 3 is 1.42 bits per heavy atom. The largest absolute Gasteiger partial charge is 0.480 e. The molecule has 0 aliphatic rings. The number of hydrogen-bond acceptors (Lipinski definition) is 6. The second-order valence-electron chi connectivity index (χ2n) is 12.1. The highest BCUT2D eigenvalue weighted by Gasteiger charge is 2.24. The molecule has 0 aromatic heterocycles. The van der Waals surface area contributed by atoms with Crippen LogP contribution in [0.4, 0.5) is 0 Å². The molecule has 0 aliphatic carbocycles. The van der Waals surface area contributed by atoms with Gasteiger partial charge in [0.1, 0.15) is 12.1 Å². The Kier molecular flexibility index (Phi) is 25.2. The van der Waals surface area contributed by atoms with Crippen LogP contribution in [0, 0.1) is 5.92 Å². The van der Waals surface area contributed by atoms with E-state index in [4.69, 9.17) is 5.73 Å². The van der Waals surface area contributed by atoms with Crippen molar-refractivity contribution in [2.45, 2.75) is 161 Å². The Balaban J connectivity index is 4.18. The van der Waals surface area contributed by atoms with E-state index in [1.165, 1.54) is 57.8 Å². The fraction of sp³-hybridized carbons (Fsp3) is 0.818. The van der Waals surface area contributed by atoms with Gasteiger partial charge in [0.25, 0.3) is 0 Å². The molecule has 1 unspecified atom stereocenters. The molecule has 0 bridgehead atoms. The van der Waals surface area contributed by atoms with E-state index in [2.05, 4.69) is 22.9 Å². The van der Waals surface area contributed by atoms with Gasteiger partial charge in [0.2, 0.25) is 23.6 Å². The number of nitrogens with two attached hydrogens (primary N) is 1. The number of aliphatic carboxylic acids is 2. The average molecular weight is 641 g/mol. The Morgan fingerprint density at radius 2 is 0.978 bits per heavy atom. The highest BCUT2D eigenvalue weighted by molar-refractivity contribution is 5.86. The number of carbonyl (C=O) groups excluding carboxylic acids is 4. The third-order valence-electron chi connectivity index (χ3n) is 7.97. The minimum absolute atomic E-state index is 0.123. The first-order chi connectivity index (χ1) is 21.5. The van der Waals surface area contributed by atoms with Gasteiger partial charge in [-0.3, -0.25) is 19.2 Å². The van der Waals surface area contributed by atoms with Gasteiger partial charge in [-0.15, -0.1) is 0 Å². The van der Waals surface area contributed by atoms with Gasteiger partial charge in [-0.25, -0.2) is 9.59 Å². The lowest BCUT2D eigenvalue weighted by Gasteiger charge is -2.17. The molecule has 45 heavy (non-hydrogen) atoms. The molecule has 3 atom stereocenters. The number of carboxylic acids is 2. The van der Waals surface area contributed by atoms with Crippen LogP contribution >= 0.6 is 0 Å². The van der Waals surface area contributed by atoms with Crippen LogP contribution in [0.1, 0.15) is 149 Å². The monoisotopic (exact) mass is 640 g/mol. The van der Waals surface area contributed by atoms with Crippen LogP contribution in [-0.4, -0.2) is 64.4 Å². The summed E-state index contributed by atoms with van der Waals surface area (Å²) in [4.78, 5) is 71.0. The minimum atomic E-state index is -1.31. The maximum absolute atomic E-state index is 12.4. The van der Waals surface area contributed by atoms with Crippen LogP contribution in [0.3, 0.4) is 0 Å². The third kappa shape index (κ3) is 24.8. The summed E-state index contributed by atoms with van der Waals surface area (Å²) in [7, 11) is 0. The number of carboxylic acid groups (broad SMARTS) is 2. The summed E-state index contributed by atoms with van der Waals surface area (Å²) in [5, 5.41) is 26.4. The number of amides is 4. The SMILES string of the molecule is CCCCCCCCCCCCCCCC(=O)N[C@H](CCC(=O)NC(CCC(=O)NCCCC[C@H](C)C(N)=O)C(=O)O)C(=O)O. The maximum atomic E-state index is 12.4. The van der Waals surface area contributed by atoms with Gasteiger partial charge in [-0.1, -0.05) is 97.3 Å². The van der Waals surface area contributed by atoms with Crippen molar-refractivity contribution in [3.8, 4) is 0 Å². The summed E-state index contributed by atoms with van der Waals surface area (Å²) < 4.78 is 0. The van der Waals surface area contributed by atoms with Crippen LogP contribution in [-0.2, 0) is 28.8 Å². The van der Waals surface area contributed by atoms with Crippen molar-refractivity contribution >= 4 is 35.6 Å². The molecule has 0 spiro atoms. The van der Waals surface area contributed by atoms with E-state index in [-0.39, 0.29) is 55.7 Å². The zero-order valence-electron chi connectivity index (χ0n) is 27.7. The average Bonchev–Trinajstić information content (AvgIpc) is 2.98. The van der Waals surface area contributed by atoms with Crippen molar-refractivity contribution in [1.82, 2.24) is 16.0 Å². The first-order valence-electron chi connectivity index (χ1n) is 17.1. The fourth-order valence-electron chi connectivity index (χ4n) is 4.94. The molecule has 260 valence electrons. The van der Waals surface area contributed by atoms with Gasteiger partial charge in [-0.05, 0) is 32.1 Å². The molecule has 12 nitrogen and oxygen atoms in total. The summed E-state index contributed by atoms with van der Waals surface area (Å²) >= 11 is 0. The number of hydrogen-bond donors (Lipinski definition) is 6. The predicted octanol–water partition coefficient (Wildman–Crippen LogP) is 4.57. The standard InChI is InChI=1S/C33H60N4O8/c1-3-4-5-6-7-8-9-10-11-12-13-14-15-19-29(39)36-27(33(44)45)21-23-30(40)37-26(32(42)43)20-22-28(38)35-24-17-16-18-25(2)31(34)41/h25-27H,3-24H2,1-2H3,(H2,34,41)(H,35,38)(H,36,39)(H,37,40)(H,42,43)(H,44,45)/t25-,26?,27+/m0/s1. The quantitative estimate of drug-likeness (QED) is 0.0612. The number of rotatable bonds is 30. The smallest absolute Gasteiger partial charge is 0.326 e. The van der Waals surface area contributed by atoms with Crippen LogP contribution in [0.15, 0.2) is 0 Å². The molecule has 0 radical (unpaired) electrons. The molecule has 7 N–H and O–H groups in total. The molecule has 0 saturated carbocycles. The number of nitrogens with one attached hydrogen (secondary N) is 3. The number of carbonyl (C=O) groups is 6. The lowest BCUT2D eigenvalue weighted by atomic mass is 10.0. The van der Waals surface area contributed by atoms with Crippen molar-refractivity contribution in [2.75, 3.05) is 6.54 Å². The number of primary amides is 1. The predicted molar refractivity (Wildman–Crippen MR) is 173 cm³/mol. The van der Waals surface area contributed by atoms with Crippen molar-refractivity contribution in [2.24, 2.45) is 11.7 Å². The summed E-state index contributed by atoms with van der Waals surface area (Å²) in [5.41, 5.74) is 5.21. The number of unbranched alkanes of at least 4 members (excludes halogenated alkanes) is 13. The summed E-state index contributed by atoms with van der Waals surface area (Å²) in [6, 6.07) is -2.57. The van der Waals surface area contributed by atoms with E-state index >= 15 is 0 Å². The molecule has 4 amide bonds. The van der Waals surface area contributed by atoms with Crippen molar-refractivity contribution in [3.05, 3.63) is 0 Å². The van der Waals surface area contributed by atoms with Gasteiger partial charge in [0, 0.05) is 31.7 Å². The molecule has 0 aromatic carbocycles. The lowest BCUT2D eigenvalue weighted by molar-refractivity contribution is -0.143. The van der Waals surface area contributed by atoms with E-state index < -0.39 is 29.9 Å². The van der Waals surface area contributed by atoms with Gasteiger partial charge in [0.05, 0.1) is 0 Å². The molecule has 0 rings (SSSR count). The van der Waals surface area contributed by atoms with Crippen molar-refractivity contribution < 1.29 is 39.0 Å². The molecule has 0 aliphatic heterocycles. The van der Waals surface area contributed by atoms with Gasteiger partial charge >= 0.3 is 11.9 Å². The first kappa shape index (κ1) is 41.8. The van der Waals surface area contributed by atoms with Gasteiger partial charge < -0.3 is 31.9 Å². The normalized spacial score (nSPS) is 12.9. The van der Waals surface area contributed by atoms with E-state index in [1.807, 2.05) is 0 Å². The molecular weight excluding hydrogens is 580 g/mol. The highest BCUT2D eigenvalue weighted by atomic mass is 16.4. The Hall–Kier alpha value is -3.18. The summed E-state index contributed by atoms with van der Waals surface area (Å²) in [5.74, 6) is -4.61. The lowest BCUT2D eigenvalue weighted by Crippen LogP contribution is -2.44. The van der Waals surface area contributed by atoms with Crippen molar-refractivity contribution in [3.63, 3.8) is 0 Å². The topological polar surface area (TPSA) is 205 Å². The third-order valence-corrected chi connectivity index (χ3v) is 7.97. The first-order valence-corrected chi connectivity index (χ1v) is 17.1. The highest BCUT2D eigenvalue weighted by Crippen LogP contribution is 2.13. The zero-order chi connectivity index (χ0) is 33.9. The molecule has 0 fully saturated rings. The molecule has 0 saturated heterocycles. The molecule has 0 aromatic rings. The van der Waals surface area contributed by atoms with E-state index in [0.29, 0.717) is 32.2 Å². The molecule has 0 heterocycles. The Labute approximate surface area is 269 Å². The van der Waals surface area contributed by atoms with E-state index in [1.54, 1.807) is 6.92 Å². The van der Waals surface area contributed by atoms with Gasteiger partial charge in [0.15, 0.2) is 0 Å². The second-order valence-corrected chi connectivity index (χ2v) is 12.1. The summed E-state index contributed by atoms with van der Waals surface area (Å²) in [6.07, 6.45) is 16.8. The zero-order valence-corrected chi connectivity index (χ0v) is 27.7.